The standard InChI is InChI=1S/C15H24N4O2S/c1-10-6-12(18(5)17-10)16-14(21)11-8-22-9-19(11)13(20)7-15(2,3)4/h6,11H,7-9H2,1-5H3,(H,16,21)/t11-/m1/s1. The highest BCUT2D eigenvalue weighted by Crippen LogP contribution is 2.27. The molecule has 2 amide bonds. The number of rotatable bonds is 3. The Morgan fingerprint density at radius 3 is 2.68 bits per heavy atom. The van der Waals surface area contributed by atoms with Gasteiger partial charge in [-0.15, -0.1) is 11.8 Å². The molecule has 1 saturated heterocycles. The van der Waals surface area contributed by atoms with Crippen LogP contribution in [0.25, 0.3) is 0 Å². The predicted octanol–water partition coefficient (Wildman–Crippen LogP) is 2.00. The second-order valence-corrected chi connectivity index (χ2v) is 7.90. The van der Waals surface area contributed by atoms with E-state index in [1.165, 1.54) is 0 Å². The summed E-state index contributed by atoms with van der Waals surface area (Å²) in [7, 11) is 1.79. The van der Waals surface area contributed by atoms with E-state index in [0.29, 0.717) is 23.9 Å². The van der Waals surface area contributed by atoms with E-state index in [9.17, 15) is 9.59 Å². The van der Waals surface area contributed by atoms with Crippen molar-refractivity contribution in [1.82, 2.24) is 14.7 Å². The van der Waals surface area contributed by atoms with Gasteiger partial charge in [0.25, 0.3) is 0 Å². The second-order valence-electron chi connectivity index (χ2n) is 6.90. The molecule has 1 atom stereocenters. The highest BCUT2D eigenvalue weighted by atomic mass is 32.2. The smallest absolute Gasteiger partial charge is 0.249 e. The van der Waals surface area contributed by atoms with Crippen LogP contribution in [0.4, 0.5) is 5.82 Å². The zero-order valence-corrected chi connectivity index (χ0v) is 14.7. The molecule has 0 radical (unpaired) electrons. The van der Waals surface area contributed by atoms with Gasteiger partial charge < -0.3 is 10.2 Å². The lowest BCUT2D eigenvalue weighted by Gasteiger charge is -2.26. The molecule has 1 N–H and O–H groups in total. The van der Waals surface area contributed by atoms with E-state index in [1.54, 1.807) is 28.4 Å². The van der Waals surface area contributed by atoms with Crippen LogP contribution in [0.15, 0.2) is 6.07 Å². The molecule has 2 heterocycles. The molecule has 0 bridgehead atoms. The van der Waals surface area contributed by atoms with Crippen molar-refractivity contribution in [2.24, 2.45) is 12.5 Å². The van der Waals surface area contributed by atoms with Crippen LogP contribution in [0.5, 0.6) is 0 Å². The van der Waals surface area contributed by atoms with Gasteiger partial charge in [0.1, 0.15) is 11.9 Å². The Morgan fingerprint density at radius 2 is 2.14 bits per heavy atom. The second kappa shape index (κ2) is 6.32. The number of hydrogen-bond donors (Lipinski definition) is 1. The average Bonchev–Trinajstić information content (AvgIpc) is 2.94. The van der Waals surface area contributed by atoms with Crippen molar-refractivity contribution in [2.75, 3.05) is 16.9 Å². The number of thioether (sulfide) groups is 1. The molecule has 1 fully saturated rings. The Morgan fingerprint density at radius 1 is 1.45 bits per heavy atom. The highest BCUT2D eigenvalue weighted by molar-refractivity contribution is 7.99. The molecule has 1 aromatic heterocycles. The number of carbonyl (C=O) groups excluding carboxylic acids is 2. The fourth-order valence-corrected chi connectivity index (χ4v) is 3.58. The van der Waals surface area contributed by atoms with E-state index >= 15 is 0 Å². The number of aromatic nitrogens is 2. The maximum atomic E-state index is 12.5. The molecule has 6 nitrogen and oxygen atoms in total. The van der Waals surface area contributed by atoms with Crippen molar-refractivity contribution in [3.63, 3.8) is 0 Å². The maximum absolute atomic E-state index is 12.5. The molecule has 0 saturated carbocycles. The van der Waals surface area contributed by atoms with Crippen LogP contribution in [-0.2, 0) is 16.6 Å². The molecule has 22 heavy (non-hydrogen) atoms. The molecule has 1 aliphatic heterocycles. The zero-order chi connectivity index (χ0) is 16.5. The van der Waals surface area contributed by atoms with E-state index in [4.69, 9.17) is 0 Å². The fourth-order valence-electron chi connectivity index (χ4n) is 2.40. The quantitative estimate of drug-likeness (QED) is 0.923. The van der Waals surface area contributed by atoms with Crippen molar-refractivity contribution < 1.29 is 9.59 Å². The molecule has 0 spiro atoms. The minimum absolute atomic E-state index is 0.0406. The summed E-state index contributed by atoms with van der Waals surface area (Å²) in [5.74, 6) is 1.77. The molecule has 0 aromatic carbocycles. The van der Waals surface area contributed by atoms with Crippen molar-refractivity contribution >= 4 is 29.4 Å². The number of hydrogen-bond acceptors (Lipinski definition) is 4. The first-order valence-electron chi connectivity index (χ1n) is 7.36. The van der Waals surface area contributed by atoms with Gasteiger partial charge in [0.05, 0.1) is 11.6 Å². The van der Waals surface area contributed by atoms with Gasteiger partial charge in [0.15, 0.2) is 0 Å². The Balaban J connectivity index is 2.05. The van der Waals surface area contributed by atoms with Crippen LogP contribution in [-0.4, -0.2) is 44.2 Å². The highest BCUT2D eigenvalue weighted by Gasteiger charge is 2.36. The third kappa shape index (κ3) is 4.03. The third-order valence-electron chi connectivity index (χ3n) is 3.44. The summed E-state index contributed by atoms with van der Waals surface area (Å²) in [6.07, 6.45) is 0.447. The summed E-state index contributed by atoms with van der Waals surface area (Å²) in [4.78, 5) is 26.6. The molecule has 2 rings (SSSR count). The van der Waals surface area contributed by atoms with Gasteiger partial charge in [-0.1, -0.05) is 20.8 Å². The number of nitrogens with one attached hydrogen (secondary N) is 1. The molecule has 1 aromatic rings. The molecule has 0 unspecified atom stereocenters. The minimum atomic E-state index is -0.407. The minimum Gasteiger partial charge on any atom is -0.321 e. The van der Waals surface area contributed by atoms with Gasteiger partial charge >= 0.3 is 0 Å². The van der Waals surface area contributed by atoms with Gasteiger partial charge in [-0.25, -0.2) is 0 Å². The van der Waals surface area contributed by atoms with Crippen LogP contribution in [0.1, 0.15) is 32.9 Å². The van der Waals surface area contributed by atoms with E-state index in [0.717, 1.165) is 5.69 Å². The number of aryl methyl sites for hydroxylation is 2. The summed E-state index contributed by atoms with van der Waals surface area (Å²) < 4.78 is 1.64. The predicted molar refractivity (Wildman–Crippen MR) is 88.6 cm³/mol. The monoisotopic (exact) mass is 324 g/mol. The first-order valence-corrected chi connectivity index (χ1v) is 8.51. The molecule has 122 valence electrons. The third-order valence-corrected chi connectivity index (χ3v) is 4.45. The van der Waals surface area contributed by atoms with Crippen molar-refractivity contribution in [1.29, 1.82) is 0 Å². The lowest BCUT2D eigenvalue weighted by Crippen LogP contribution is -2.45. The fraction of sp³-hybridized carbons (Fsp3) is 0.667. The van der Waals surface area contributed by atoms with E-state index in [-0.39, 0.29) is 17.2 Å². The largest absolute Gasteiger partial charge is 0.321 e. The van der Waals surface area contributed by atoms with E-state index in [1.807, 2.05) is 33.8 Å². The van der Waals surface area contributed by atoms with Crippen LogP contribution >= 0.6 is 11.8 Å². The van der Waals surface area contributed by atoms with E-state index in [2.05, 4.69) is 10.4 Å². The van der Waals surface area contributed by atoms with Gasteiger partial charge in [0, 0.05) is 25.3 Å². The summed E-state index contributed by atoms with van der Waals surface area (Å²) in [6.45, 7) is 7.96. The number of nitrogens with zero attached hydrogens (tertiary/aromatic N) is 3. The number of carbonyl (C=O) groups is 2. The SMILES string of the molecule is Cc1cc(NC(=O)[C@H]2CSCN2C(=O)CC(C)(C)C)n(C)n1. The molecule has 0 aliphatic carbocycles. The van der Waals surface area contributed by atoms with Crippen LogP contribution in [0.2, 0.25) is 0 Å². The van der Waals surface area contributed by atoms with Crippen molar-refractivity contribution in [3.8, 4) is 0 Å². The lowest BCUT2D eigenvalue weighted by molar-refractivity contribution is -0.137. The first kappa shape index (κ1) is 16.9. The topological polar surface area (TPSA) is 67.2 Å². The summed E-state index contributed by atoms with van der Waals surface area (Å²) in [5, 5.41) is 7.08. The van der Waals surface area contributed by atoms with Gasteiger partial charge in [-0.3, -0.25) is 14.3 Å². The summed E-state index contributed by atoms with van der Waals surface area (Å²) >= 11 is 1.61. The summed E-state index contributed by atoms with van der Waals surface area (Å²) in [5.41, 5.74) is 0.768. The van der Waals surface area contributed by atoms with Gasteiger partial charge in [-0.05, 0) is 12.3 Å². The van der Waals surface area contributed by atoms with Crippen LogP contribution in [0.3, 0.4) is 0 Å². The average molecular weight is 324 g/mol. The maximum Gasteiger partial charge on any atom is 0.249 e. The summed E-state index contributed by atoms with van der Waals surface area (Å²) in [6, 6.07) is 1.41. The van der Waals surface area contributed by atoms with Gasteiger partial charge in [0.2, 0.25) is 11.8 Å². The number of amides is 2. The lowest BCUT2D eigenvalue weighted by atomic mass is 9.91. The normalized spacial score (nSPS) is 18.6. The Labute approximate surface area is 135 Å². The van der Waals surface area contributed by atoms with Crippen LogP contribution in [0, 0.1) is 12.3 Å². The Bertz CT molecular complexity index is 577. The van der Waals surface area contributed by atoms with Crippen molar-refractivity contribution in [2.45, 2.75) is 40.2 Å². The molecule has 7 heteroatoms. The van der Waals surface area contributed by atoms with Gasteiger partial charge in [-0.2, -0.15) is 5.10 Å². The van der Waals surface area contributed by atoms with E-state index < -0.39 is 6.04 Å². The molecular weight excluding hydrogens is 300 g/mol. The zero-order valence-electron chi connectivity index (χ0n) is 13.8. The van der Waals surface area contributed by atoms with Crippen molar-refractivity contribution in [3.05, 3.63) is 11.8 Å². The number of anilines is 1. The first-order chi connectivity index (χ1) is 10.2. The Kier molecular flexibility index (Phi) is 4.84. The Hall–Kier alpha value is -1.50. The molecule has 1 aliphatic rings. The molecular formula is C15H24N4O2S. The van der Waals surface area contributed by atoms with Crippen LogP contribution < -0.4 is 5.32 Å².